The first-order valence-electron chi connectivity index (χ1n) is 7.19. The molecule has 2 aromatic heterocycles. The quantitative estimate of drug-likeness (QED) is 0.855. The molecule has 1 aliphatic heterocycles. The van der Waals surface area contributed by atoms with Gasteiger partial charge in [0, 0.05) is 18.9 Å². The lowest BCUT2D eigenvalue weighted by Gasteiger charge is -2.37. The molecule has 8 nitrogen and oxygen atoms in total. The van der Waals surface area contributed by atoms with E-state index >= 15 is 0 Å². The van der Waals surface area contributed by atoms with E-state index in [1.807, 2.05) is 13.8 Å². The maximum Gasteiger partial charge on any atom is 0.322 e. The summed E-state index contributed by atoms with van der Waals surface area (Å²) in [7, 11) is 0. The number of carbonyl (C=O) groups excluding carboxylic acids is 2. The molecular formula is C14H18N6O2. The fourth-order valence-corrected chi connectivity index (χ4v) is 2.58. The van der Waals surface area contributed by atoms with Crippen molar-refractivity contribution in [3.63, 3.8) is 0 Å². The molecular weight excluding hydrogens is 284 g/mol. The van der Waals surface area contributed by atoms with Gasteiger partial charge in [-0.2, -0.15) is 5.10 Å². The van der Waals surface area contributed by atoms with Crippen molar-refractivity contribution in [2.45, 2.75) is 19.9 Å². The van der Waals surface area contributed by atoms with E-state index in [9.17, 15) is 9.59 Å². The minimum absolute atomic E-state index is 0.0347. The molecule has 2 N–H and O–H groups in total. The number of nitrogens with zero attached hydrogens (tertiary/aromatic N) is 4. The summed E-state index contributed by atoms with van der Waals surface area (Å²) in [6.07, 6.45) is 4.94. The maximum absolute atomic E-state index is 12.5. The number of anilines is 1. The molecule has 22 heavy (non-hydrogen) atoms. The normalized spacial score (nSPS) is 18.6. The number of rotatable bonds is 2. The molecule has 3 heterocycles. The van der Waals surface area contributed by atoms with Crippen LogP contribution in [0.3, 0.4) is 0 Å². The fraction of sp³-hybridized carbons (Fsp3) is 0.429. The standard InChI is InChI=1S/C14H18N6O2/c1-9(2)11-7-16-12(21)8-19(11)14(22)18-10-6-17-20-5-3-4-15-13(10)20/h3-6,9,11H,7-8H2,1-2H3,(H,16,21)(H,18,22). The summed E-state index contributed by atoms with van der Waals surface area (Å²) in [6, 6.07) is 1.41. The van der Waals surface area contributed by atoms with Crippen molar-refractivity contribution in [1.82, 2.24) is 24.8 Å². The Hall–Kier alpha value is -2.64. The van der Waals surface area contributed by atoms with E-state index in [0.717, 1.165) is 0 Å². The molecule has 3 rings (SSSR count). The average molecular weight is 302 g/mol. The van der Waals surface area contributed by atoms with Gasteiger partial charge in [-0.05, 0) is 12.0 Å². The van der Waals surface area contributed by atoms with Crippen LogP contribution in [0.25, 0.3) is 5.65 Å². The van der Waals surface area contributed by atoms with Gasteiger partial charge in [0.05, 0.1) is 12.2 Å². The highest BCUT2D eigenvalue weighted by Crippen LogP contribution is 2.18. The third kappa shape index (κ3) is 2.59. The van der Waals surface area contributed by atoms with E-state index in [0.29, 0.717) is 17.9 Å². The number of urea groups is 1. The average Bonchev–Trinajstić information content (AvgIpc) is 2.90. The van der Waals surface area contributed by atoms with Gasteiger partial charge >= 0.3 is 6.03 Å². The second kappa shape index (κ2) is 5.63. The Bertz CT molecular complexity index is 710. The topological polar surface area (TPSA) is 91.6 Å². The molecule has 0 radical (unpaired) electrons. The highest BCUT2D eigenvalue weighted by molar-refractivity contribution is 5.95. The minimum atomic E-state index is -0.311. The first-order chi connectivity index (χ1) is 10.6. The first kappa shape index (κ1) is 14.3. The number of carbonyl (C=O) groups is 2. The summed E-state index contributed by atoms with van der Waals surface area (Å²) in [5.41, 5.74) is 1.09. The SMILES string of the molecule is CC(C)C1CNC(=O)CN1C(=O)Nc1cnn2cccnc12. The molecule has 0 spiro atoms. The van der Waals surface area contributed by atoms with Crippen molar-refractivity contribution < 1.29 is 9.59 Å². The van der Waals surface area contributed by atoms with Gasteiger partial charge in [0.2, 0.25) is 5.91 Å². The molecule has 0 saturated carbocycles. The Labute approximate surface area is 127 Å². The fourth-order valence-electron chi connectivity index (χ4n) is 2.58. The lowest BCUT2D eigenvalue weighted by atomic mass is 10.0. The molecule has 8 heteroatoms. The predicted molar refractivity (Wildman–Crippen MR) is 80.3 cm³/mol. The van der Waals surface area contributed by atoms with Gasteiger partial charge in [-0.25, -0.2) is 14.3 Å². The summed E-state index contributed by atoms with van der Waals surface area (Å²) < 4.78 is 1.58. The molecule has 1 fully saturated rings. The summed E-state index contributed by atoms with van der Waals surface area (Å²) >= 11 is 0. The Morgan fingerprint density at radius 3 is 3.09 bits per heavy atom. The van der Waals surface area contributed by atoms with Crippen LogP contribution in [0, 0.1) is 5.92 Å². The number of amides is 3. The van der Waals surface area contributed by atoms with Gasteiger partial charge in [-0.15, -0.1) is 0 Å². The molecule has 1 unspecified atom stereocenters. The zero-order valence-electron chi connectivity index (χ0n) is 12.5. The second-order valence-corrected chi connectivity index (χ2v) is 5.62. The third-order valence-corrected chi connectivity index (χ3v) is 3.77. The highest BCUT2D eigenvalue weighted by atomic mass is 16.2. The molecule has 3 amide bonds. The molecule has 2 aromatic rings. The van der Waals surface area contributed by atoms with Gasteiger partial charge in [-0.3, -0.25) is 4.79 Å². The summed E-state index contributed by atoms with van der Waals surface area (Å²) in [5, 5.41) is 9.73. The second-order valence-electron chi connectivity index (χ2n) is 5.62. The van der Waals surface area contributed by atoms with E-state index in [4.69, 9.17) is 0 Å². The van der Waals surface area contributed by atoms with E-state index in [1.165, 1.54) is 0 Å². The molecule has 1 aliphatic rings. The first-order valence-corrected chi connectivity index (χ1v) is 7.19. The smallest absolute Gasteiger partial charge is 0.322 e. The van der Waals surface area contributed by atoms with Crippen molar-refractivity contribution >= 4 is 23.3 Å². The molecule has 0 aromatic carbocycles. The largest absolute Gasteiger partial charge is 0.352 e. The van der Waals surface area contributed by atoms with Gasteiger partial charge in [0.15, 0.2) is 5.65 Å². The molecule has 116 valence electrons. The third-order valence-electron chi connectivity index (χ3n) is 3.77. The van der Waals surface area contributed by atoms with Crippen LogP contribution in [0.4, 0.5) is 10.5 Å². The lowest BCUT2D eigenvalue weighted by Crippen LogP contribution is -2.59. The monoisotopic (exact) mass is 302 g/mol. The van der Waals surface area contributed by atoms with Crippen molar-refractivity contribution in [2.75, 3.05) is 18.4 Å². The lowest BCUT2D eigenvalue weighted by molar-refractivity contribution is -0.124. The summed E-state index contributed by atoms with van der Waals surface area (Å²) in [4.78, 5) is 29.9. The van der Waals surface area contributed by atoms with E-state index in [2.05, 4.69) is 20.7 Å². The molecule has 1 atom stereocenters. The van der Waals surface area contributed by atoms with E-state index in [-0.39, 0.29) is 30.4 Å². The zero-order valence-corrected chi connectivity index (χ0v) is 12.5. The summed E-state index contributed by atoms with van der Waals surface area (Å²) in [5.74, 6) is 0.0958. The van der Waals surface area contributed by atoms with Crippen molar-refractivity contribution in [3.05, 3.63) is 24.7 Å². The van der Waals surface area contributed by atoms with Crippen LogP contribution in [0.5, 0.6) is 0 Å². The summed E-state index contributed by atoms with van der Waals surface area (Å²) in [6.45, 7) is 4.58. The van der Waals surface area contributed by atoms with Crippen molar-refractivity contribution in [3.8, 4) is 0 Å². The Morgan fingerprint density at radius 2 is 2.32 bits per heavy atom. The van der Waals surface area contributed by atoms with Gasteiger partial charge in [0.25, 0.3) is 0 Å². The Balaban J connectivity index is 1.81. The number of aromatic nitrogens is 3. The van der Waals surface area contributed by atoms with E-state index < -0.39 is 0 Å². The number of fused-ring (bicyclic) bond motifs is 1. The van der Waals surface area contributed by atoms with Gasteiger partial charge in [-0.1, -0.05) is 13.8 Å². The van der Waals surface area contributed by atoms with E-state index in [1.54, 1.807) is 34.1 Å². The van der Waals surface area contributed by atoms with Crippen LogP contribution in [-0.2, 0) is 4.79 Å². The Kier molecular flexibility index (Phi) is 3.66. The number of piperazine rings is 1. The molecule has 0 aliphatic carbocycles. The maximum atomic E-state index is 12.5. The Morgan fingerprint density at radius 1 is 1.50 bits per heavy atom. The number of hydrogen-bond acceptors (Lipinski definition) is 4. The van der Waals surface area contributed by atoms with Crippen LogP contribution in [0.2, 0.25) is 0 Å². The van der Waals surface area contributed by atoms with Crippen molar-refractivity contribution in [1.29, 1.82) is 0 Å². The number of nitrogens with one attached hydrogen (secondary N) is 2. The molecule has 0 bridgehead atoms. The number of hydrogen-bond donors (Lipinski definition) is 2. The van der Waals surface area contributed by atoms with Crippen LogP contribution in [-0.4, -0.2) is 50.6 Å². The molecule has 1 saturated heterocycles. The van der Waals surface area contributed by atoms with Crippen molar-refractivity contribution in [2.24, 2.45) is 5.92 Å². The highest BCUT2D eigenvalue weighted by Gasteiger charge is 2.32. The van der Waals surface area contributed by atoms with Crippen LogP contribution < -0.4 is 10.6 Å². The van der Waals surface area contributed by atoms with Gasteiger partial charge < -0.3 is 15.5 Å². The zero-order chi connectivity index (χ0) is 15.7. The van der Waals surface area contributed by atoms with Crippen LogP contribution in [0.15, 0.2) is 24.7 Å². The van der Waals surface area contributed by atoms with Gasteiger partial charge in [0.1, 0.15) is 12.2 Å². The van der Waals surface area contributed by atoms with Crippen LogP contribution >= 0.6 is 0 Å². The van der Waals surface area contributed by atoms with Crippen LogP contribution in [0.1, 0.15) is 13.8 Å². The predicted octanol–water partition coefficient (Wildman–Crippen LogP) is 0.718. The minimum Gasteiger partial charge on any atom is -0.352 e.